The van der Waals surface area contributed by atoms with Crippen molar-refractivity contribution in [2.45, 2.75) is 88.5 Å². The molecule has 10 nitrogen and oxygen atoms in total. The first-order valence-corrected chi connectivity index (χ1v) is 15.7. The largest absolute Gasteiger partial charge is 0.374 e. The molecule has 0 saturated heterocycles. The molecule has 4 unspecified atom stereocenters. The third-order valence-corrected chi connectivity index (χ3v) is 9.62. The summed E-state index contributed by atoms with van der Waals surface area (Å²) in [6, 6.07) is -1.52. The minimum absolute atomic E-state index is 0.0304. The van der Waals surface area contributed by atoms with Gasteiger partial charge in [0, 0.05) is 22.0 Å². The SMILES string of the molecule is BC(=O)CNC(=O)C(N)CSC1CCC1SCC(NC(=O)C(C)(C)COC(C)(C)CCC)C(=O)NCC(B)=O. The second-order valence-electron chi connectivity index (χ2n) is 11.5. The van der Waals surface area contributed by atoms with E-state index in [0.29, 0.717) is 11.5 Å². The lowest BCUT2D eigenvalue weighted by molar-refractivity contribution is -0.140. The standard InChI is InChI=1S/C25H46B2N4O6S2/c1-6-9-25(4,5)37-14-24(2,3)23(36)31-16(22(35)30-11-20(27)33)13-39-18-8-7-17(18)38-12-15(28)21(34)29-10-19(26)32/h15-18H,6-14,26-28H2,1-5H3,(H,29,34)(H,30,35)(H,31,36). The van der Waals surface area contributed by atoms with Crippen LogP contribution in [0.15, 0.2) is 0 Å². The van der Waals surface area contributed by atoms with Crippen LogP contribution in [0.5, 0.6) is 0 Å². The van der Waals surface area contributed by atoms with E-state index in [9.17, 15) is 24.0 Å². The first-order valence-electron chi connectivity index (χ1n) is 13.6. The van der Waals surface area contributed by atoms with Gasteiger partial charge in [0.15, 0.2) is 15.7 Å². The highest BCUT2D eigenvalue weighted by Crippen LogP contribution is 2.40. The maximum Gasteiger partial charge on any atom is 0.243 e. The fourth-order valence-electron chi connectivity index (χ4n) is 3.67. The van der Waals surface area contributed by atoms with Gasteiger partial charge in [0.25, 0.3) is 0 Å². The second kappa shape index (κ2) is 16.7. The lowest BCUT2D eigenvalue weighted by Crippen LogP contribution is -2.54. The van der Waals surface area contributed by atoms with E-state index in [1.807, 2.05) is 13.8 Å². The van der Waals surface area contributed by atoms with Crippen molar-refractivity contribution in [3.63, 3.8) is 0 Å². The lowest BCUT2D eigenvalue weighted by Gasteiger charge is -2.37. The molecule has 0 aromatic carbocycles. The van der Waals surface area contributed by atoms with Gasteiger partial charge in [0.2, 0.25) is 17.7 Å². The monoisotopic (exact) mass is 584 g/mol. The Hall–Kier alpha value is -1.50. The molecule has 1 aliphatic rings. The molecule has 39 heavy (non-hydrogen) atoms. The van der Waals surface area contributed by atoms with Crippen LogP contribution in [0.3, 0.4) is 0 Å². The summed E-state index contributed by atoms with van der Waals surface area (Å²) in [4.78, 5) is 60.6. The summed E-state index contributed by atoms with van der Waals surface area (Å²) in [7, 11) is 2.79. The van der Waals surface area contributed by atoms with Gasteiger partial charge in [-0.25, -0.2) is 0 Å². The predicted molar refractivity (Wildman–Crippen MR) is 163 cm³/mol. The highest BCUT2D eigenvalue weighted by molar-refractivity contribution is 8.04. The number of thioether (sulfide) groups is 2. The Kier molecular flexibility index (Phi) is 15.2. The van der Waals surface area contributed by atoms with Crippen molar-refractivity contribution >= 4 is 68.3 Å². The molecule has 3 amide bonds. The summed E-state index contributed by atoms with van der Waals surface area (Å²) in [5.74, 6) is -0.272. The molecule has 0 spiro atoms. The molecular weight excluding hydrogens is 538 g/mol. The van der Waals surface area contributed by atoms with Crippen LogP contribution in [0.1, 0.15) is 60.3 Å². The van der Waals surface area contributed by atoms with Crippen LogP contribution >= 0.6 is 23.5 Å². The molecule has 0 aromatic rings. The summed E-state index contributed by atoms with van der Waals surface area (Å²) in [6.45, 7) is 9.73. The zero-order valence-corrected chi connectivity index (χ0v) is 26.1. The van der Waals surface area contributed by atoms with E-state index >= 15 is 0 Å². The fourth-order valence-corrected chi connectivity index (χ4v) is 6.73. The zero-order valence-electron chi connectivity index (χ0n) is 24.5. The summed E-state index contributed by atoms with van der Waals surface area (Å²) in [5, 5.41) is 8.54. The van der Waals surface area contributed by atoms with Crippen LogP contribution < -0.4 is 21.7 Å². The Morgan fingerprint density at radius 2 is 1.44 bits per heavy atom. The highest BCUT2D eigenvalue weighted by atomic mass is 32.2. The molecule has 1 aliphatic carbocycles. The minimum Gasteiger partial charge on any atom is -0.374 e. The first kappa shape index (κ1) is 35.5. The number of ether oxygens (including phenoxy) is 1. The molecule has 220 valence electrons. The molecule has 0 heterocycles. The average molecular weight is 584 g/mol. The topological polar surface area (TPSA) is 157 Å². The van der Waals surface area contributed by atoms with Crippen molar-refractivity contribution < 1.29 is 28.7 Å². The number of nitrogens with one attached hydrogen (secondary N) is 3. The second-order valence-corrected chi connectivity index (χ2v) is 14.0. The van der Waals surface area contributed by atoms with Gasteiger partial charge in [0.1, 0.15) is 17.4 Å². The third-order valence-electron chi connectivity index (χ3n) is 6.39. The number of carbonyl (C=O) groups is 5. The average Bonchev–Trinajstić information content (AvgIpc) is 2.83. The van der Waals surface area contributed by atoms with E-state index in [1.165, 1.54) is 15.7 Å². The van der Waals surface area contributed by atoms with Gasteiger partial charge < -0.3 is 36.0 Å². The van der Waals surface area contributed by atoms with E-state index < -0.39 is 23.4 Å². The molecule has 5 N–H and O–H groups in total. The van der Waals surface area contributed by atoms with E-state index in [-0.39, 0.29) is 59.0 Å². The number of hydrogen-bond acceptors (Lipinski definition) is 9. The molecule has 0 aliphatic heterocycles. The molecule has 0 aromatic heterocycles. The molecule has 1 saturated carbocycles. The van der Waals surface area contributed by atoms with E-state index in [1.54, 1.807) is 37.4 Å². The zero-order chi connectivity index (χ0) is 29.8. The van der Waals surface area contributed by atoms with Gasteiger partial charge >= 0.3 is 0 Å². The molecule has 14 heteroatoms. The smallest absolute Gasteiger partial charge is 0.243 e. The van der Waals surface area contributed by atoms with Crippen LogP contribution in [-0.4, -0.2) is 104 Å². The van der Waals surface area contributed by atoms with Gasteiger partial charge in [-0.3, -0.25) is 14.4 Å². The van der Waals surface area contributed by atoms with Crippen molar-refractivity contribution in [1.29, 1.82) is 0 Å². The normalized spacial score (nSPS) is 18.8. The Morgan fingerprint density at radius 3 is 1.92 bits per heavy atom. The van der Waals surface area contributed by atoms with Crippen molar-refractivity contribution in [2.75, 3.05) is 31.2 Å². The van der Waals surface area contributed by atoms with Crippen molar-refractivity contribution in [3.8, 4) is 0 Å². The van der Waals surface area contributed by atoms with Crippen molar-refractivity contribution in [2.24, 2.45) is 11.1 Å². The summed E-state index contributed by atoms with van der Waals surface area (Å²) >= 11 is 3.20. The van der Waals surface area contributed by atoms with E-state index in [2.05, 4.69) is 22.9 Å². The number of nitrogens with two attached hydrogens (primary N) is 1. The Balaban J connectivity index is 2.71. The number of hydrogen-bond donors (Lipinski definition) is 4. The van der Waals surface area contributed by atoms with Crippen LogP contribution in [-0.2, 0) is 28.7 Å². The van der Waals surface area contributed by atoms with Gasteiger partial charge in [-0.05, 0) is 47.0 Å². The molecule has 1 fully saturated rings. The number of rotatable bonds is 19. The fraction of sp³-hybridized carbons (Fsp3) is 0.800. The summed E-state index contributed by atoms with van der Waals surface area (Å²) < 4.78 is 6.04. The molecule has 0 radical (unpaired) electrons. The molecule has 1 rings (SSSR count). The summed E-state index contributed by atoms with van der Waals surface area (Å²) in [5.41, 5.74) is 4.45. The lowest BCUT2D eigenvalue weighted by atomic mass is 9.92. The van der Waals surface area contributed by atoms with Crippen LogP contribution in [0, 0.1) is 5.41 Å². The van der Waals surface area contributed by atoms with Gasteiger partial charge in [0.05, 0.1) is 36.8 Å². The summed E-state index contributed by atoms with van der Waals surface area (Å²) in [6.07, 6.45) is 3.76. The predicted octanol–water partition coefficient (Wildman–Crippen LogP) is -1.03. The van der Waals surface area contributed by atoms with Crippen LogP contribution in [0.2, 0.25) is 0 Å². The number of carbonyl (C=O) groups excluding carboxylic acids is 5. The van der Waals surface area contributed by atoms with Gasteiger partial charge in [-0.2, -0.15) is 23.5 Å². The highest BCUT2D eigenvalue weighted by Gasteiger charge is 2.36. The molecule has 0 bridgehead atoms. The van der Waals surface area contributed by atoms with Gasteiger partial charge in [-0.15, -0.1) is 0 Å². The molecular formula is C25H46B2N4O6S2. The van der Waals surface area contributed by atoms with Crippen LogP contribution in [0.25, 0.3) is 0 Å². The maximum atomic E-state index is 13.2. The van der Waals surface area contributed by atoms with E-state index in [0.717, 1.165) is 25.7 Å². The Bertz CT molecular complexity index is 878. The maximum absolute atomic E-state index is 13.2. The first-order chi connectivity index (χ1) is 18.1. The Morgan fingerprint density at radius 1 is 0.923 bits per heavy atom. The van der Waals surface area contributed by atoms with E-state index in [4.69, 9.17) is 10.5 Å². The van der Waals surface area contributed by atoms with Crippen LogP contribution in [0.4, 0.5) is 0 Å². The van der Waals surface area contributed by atoms with Crippen molar-refractivity contribution in [1.82, 2.24) is 16.0 Å². The van der Waals surface area contributed by atoms with Gasteiger partial charge in [-0.1, -0.05) is 13.3 Å². The third kappa shape index (κ3) is 13.6. The number of amides is 3. The quantitative estimate of drug-likeness (QED) is 0.140. The van der Waals surface area contributed by atoms with Crippen molar-refractivity contribution in [3.05, 3.63) is 0 Å². The minimum atomic E-state index is -0.858. The Labute approximate surface area is 243 Å². The molecule has 4 atom stereocenters.